The molecular weight excluding hydrogens is 444 g/mol. The maximum absolute atomic E-state index is 13.7. The first-order chi connectivity index (χ1) is 16.7. The van der Waals surface area contributed by atoms with Gasteiger partial charge in [0.05, 0.1) is 22.5 Å². The van der Waals surface area contributed by atoms with E-state index in [1.807, 2.05) is 44.2 Å². The summed E-state index contributed by atoms with van der Waals surface area (Å²) < 4.78 is 0. The van der Waals surface area contributed by atoms with Gasteiger partial charge in [-0.25, -0.2) is 0 Å². The third kappa shape index (κ3) is 4.72. The lowest BCUT2D eigenvalue weighted by atomic mass is 9.67. The molecule has 2 aromatic rings. The average Bonchev–Trinajstić information content (AvgIpc) is 3.27. The number of aliphatic carboxylic acids is 1. The molecule has 1 N–H and O–H groups in total. The molecule has 2 aliphatic heterocycles. The van der Waals surface area contributed by atoms with Crippen LogP contribution in [0.1, 0.15) is 59.4 Å². The largest absolute Gasteiger partial charge is 0.481 e. The van der Waals surface area contributed by atoms with E-state index < -0.39 is 29.1 Å². The molecule has 0 radical (unpaired) electrons. The van der Waals surface area contributed by atoms with Crippen LogP contribution >= 0.6 is 0 Å². The summed E-state index contributed by atoms with van der Waals surface area (Å²) >= 11 is 0. The summed E-state index contributed by atoms with van der Waals surface area (Å²) in [5, 5.41) is 10.2. The Bertz CT molecular complexity index is 1090. The number of hydrogen-bond donors (Lipinski definition) is 1. The van der Waals surface area contributed by atoms with Crippen molar-refractivity contribution in [2.75, 3.05) is 19.6 Å². The molecule has 35 heavy (non-hydrogen) atoms. The van der Waals surface area contributed by atoms with Crippen molar-refractivity contribution in [1.82, 2.24) is 9.80 Å². The van der Waals surface area contributed by atoms with Crippen LogP contribution in [0.15, 0.2) is 54.6 Å². The summed E-state index contributed by atoms with van der Waals surface area (Å²) in [5.41, 5.74) is 0.757. The zero-order valence-corrected chi connectivity index (χ0v) is 20.3. The highest BCUT2D eigenvalue weighted by Crippen LogP contribution is 2.46. The molecule has 0 saturated carbocycles. The van der Waals surface area contributed by atoms with E-state index in [2.05, 4.69) is 0 Å². The normalized spacial score (nSPS) is 20.6. The monoisotopic (exact) mass is 476 g/mol. The van der Waals surface area contributed by atoms with Gasteiger partial charge in [0, 0.05) is 19.6 Å². The van der Waals surface area contributed by atoms with Crippen LogP contribution < -0.4 is 0 Å². The van der Waals surface area contributed by atoms with Crippen LogP contribution in [-0.4, -0.2) is 58.2 Å². The molecular formula is C28H32N2O5. The minimum atomic E-state index is -1.06. The molecule has 7 heteroatoms. The van der Waals surface area contributed by atoms with E-state index in [1.165, 1.54) is 0 Å². The lowest BCUT2D eigenvalue weighted by molar-refractivity contribution is -0.155. The number of carbonyl (C=O) groups is 4. The standard InChI is InChI=1S/C28H32N2O5/c1-19(2)18-28(14-17-29(27(28)35)15-12-20-8-4-3-5-9-20)23(26(33)34)13-16-30-24(31)21-10-6-7-11-22(21)25(30)32/h3-11,19,23H,12-18H2,1-2H3,(H,33,34). The second-order valence-electron chi connectivity index (χ2n) is 10.0. The van der Waals surface area contributed by atoms with Crippen molar-refractivity contribution in [3.05, 3.63) is 71.3 Å². The van der Waals surface area contributed by atoms with Gasteiger partial charge in [-0.05, 0) is 49.3 Å². The second kappa shape index (κ2) is 10.0. The predicted octanol–water partition coefficient (Wildman–Crippen LogP) is 3.88. The molecule has 2 atom stereocenters. The van der Waals surface area contributed by atoms with E-state index in [9.17, 15) is 24.3 Å². The number of imide groups is 1. The van der Waals surface area contributed by atoms with Gasteiger partial charge in [-0.2, -0.15) is 0 Å². The molecule has 2 unspecified atom stereocenters. The summed E-state index contributed by atoms with van der Waals surface area (Å²) in [6.45, 7) is 5.00. The third-order valence-electron chi connectivity index (χ3n) is 7.31. The van der Waals surface area contributed by atoms with Crippen LogP contribution in [0.4, 0.5) is 0 Å². The van der Waals surface area contributed by atoms with Crippen LogP contribution in [0, 0.1) is 17.3 Å². The maximum Gasteiger partial charge on any atom is 0.307 e. The summed E-state index contributed by atoms with van der Waals surface area (Å²) in [4.78, 5) is 54.8. The van der Waals surface area contributed by atoms with Crippen molar-refractivity contribution in [3.8, 4) is 0 Å². The molecule has 2 aromatic carbocycles. The molecule has 0 aromatic heterocycles. The van der Waals surface area contributed by atoms with Gasteiger partial charge in [0.15, 0.2) is 0 Å². The first-order valence-corrected chi connectivity index (χ1v) is 12.3. The number of fused-ring (bicyclic) bond motifs is 1. The molecule has 7 nitrogen and oxygen atoms in total. The number of rotatable bonds is 10. The minimum Gasteiger partial charge on any atom is -0.481 e. The zero-order chi connectivity index (χ0) is 25.2. The molecule has 0 aliphatic carbocycles. The van der Waals surface area contributed by atoms with Crippen LogP contribution in [0.3, 0.4) is 0 Å². The van der Waals surface area contributed by atoms with Crippen molar-refractivity contribution in [3.63, 3.8) is 0 Å². The Labute approximate surface area is 205 Å². The Hall–Kier alpha value is -3.48. The maximum atomic E-state index is 13.7. The van der Waals surface area contributed by atoms with Gasteiger partial charge in [-0.1, -0.05) is 56.3 Å². The Morgan fingerprint density at radius 2 is 1.54 bits per heavy atom. The number of carboxylic acid groups (broad SMARTS) is 1. The van der Waals surface area contributed by atoms with Gasteiger partial charge in [0.2, 0.25) is 5.91 Å². The number of carbonyl (C=O) groups excluding carboxylic acids is 3. The third-order valence-corrected chi connectivity index (χ3v) is 7.31. The van der Waals surface area contributed by atoms with Gasteiger partial charge in [0.25, 0.3) is 11.8 Å². The van der Waals surface area contributed by atoms with Gasteiger partial charge >= 0.3 is 5.97 Å². The zero-order valence-electron chi connectivity index (χ0n) is 20.3. The highest BCUT2D eigenvalue weighted by molar-refractivity contribution is 6.21. The number of amides is 3. The molecule has 1 fully saturated rings. The summed E-state index contributed by atoms with van der Waals surface area (Å²) in [7, 11) is 0. The van der Waals surface area contributed by atoms with Crippen molar-refractivity contribution < 1.29 is 24.3 Å². The molecule has 0 bridgehead atoms. The Morgan fingerprint density at radius 3 is 2.11 bits per heavy atom. The van der Waals surface area contributed by atoms with Crippen molar-refractivity contribution >= 4 is 23.7 Å². The SMILES string of the molecule is CC(C)CC1(C(CCN2C(=O)c3ccccc3C2=O)C(=O)O)CCN(CCc2ccccc2)C1=O. The lowest BCUT2D eigenvalue weighted by Crippen LogP contribution is -2.46. The van der Waals surface area contributed by atoms with E-state index in [1.54, 1.807) is 29.2 Å². The van der Waals surface area contributed by atoms with Crippen LogP contribution in [0.25, 0.3) is 0 Å². The molecule has 0 spiro atoms. The number of benzene rings is 2. The van der Waals surface area contributed by atoms with Gasteiger partial charge < -0.3 is 10.0 Å². The molecule has 1 saturated heterocycles. The van der Waals surface area contributed by atoms with Crippen molar-refractivity contribution in [2.24, 2.45) is 17.3 Å². The summed E-state index contributed by atoms with van der Waals surface area (Å²) in [6.07, 6.45) is 1.66. The van der Waals surface area contributed by atoms with E-state index in [0.29, 0.717) is 43.5 Å². The predicted molar refractivity (Wildman–Crippen MR) is 131 cm³/mol. The second-order valence-corrected chi connectivity index (χ2v) is 10.0. The molecule has 4 rings (SSSR count). The Morgan fingerprint density at radius 1 is 0.943 bits per heavy atom. The molecule has 2 heterocycles. The minimum absolute atomic E-state index is 0.0273. The van der Waals surface area contributed by atoms with Crippen LogP contribution in [0.5, 0.6) is 0 Å². The summed E-state index contributed by atoms with van der Waals surface area (Å²) in [5.74, 6) is -2.86. The quantitative estimate of drug-likeness (QED) is 0.525. The first kappa shape index (κ1) is 24.6. The fourth-order valence-electron chi connectivity index (χ4n) is 5.70. The highest BCUT2D eigenvalue weighted by Gasteiger charge is 2.54. The number of hydrogen-bond acceptors (Lipinski definition) is 4. The first-order valence-electron chi connectivity index (χ1n) is 12.3. The number of likely N-dealkylation sites (tertiary alicyclic amines) is 1. The van der Waals surface area contributed by atoms with Crippen LogP contribution in [-0.2, 0) is 16.0 Å². The van der Waals surface area contributed by atoms with Crippen LogP contribution in [0.2, 0.25) is 0 Å². The smallest absolute Gasteiger partial charge is 0.307 e. The Balaban J connectivity index is 1.52. The van der Waals surface area contributed by atoms with E-state index in [0.717, 1.165) is 10.5 Å². The average molecular weight is 477 g/mol. The topological polar surface area (TPSA) is 95.0 Å². The molecule has 184 valence electrons. The fraction of sp³-hybridized carbons (Fsp3) is 0.429. The van der Waals surface area contributed by atoms with Gasteiger partial charge in [-0.3, -0.25) is 24.1 Å². The van der Waals surface area contributed by atoms with E-state index >= 15 is 0 Å². The molecule has 3 amide bonds. The van der Waals surface area contributed by atoms with E-state index in [4.69, 9.17) is 0 Å². The number of carboxylic acids is 1. The molecule has 2 aliphatic rings. The Kier molecular flexibility index (Phi) is 7.05. The van der Waals surface area contributed by atoms with E-state index in [-0.39, 0.29) is 24.8 Å². The van der Waals surface area contributed by atoms with Crippen molar-refractivity contribution in [2.45, 2.75) is 39.5 Å². The van der Waals surface area contributed by atoms with Crippen molar-refractivity contribution in [1.29, 1.82) is 0 Å². The summed E-state index contributed by atoms with van der Waals surface area (Å²) in [6, 6.07) is 16.5. The van der Waals surface area contributed by atoms with Gasteiger partial charge in [-0.15, -0.1) is 0 Å². The lowest BCUT2D eigenvalue weighted by Gasteiger charge is -2.35. The fourth-order valence-corrected chi connectivity index (χ4v) is 5.70. The number of nitrogens with zero attached hydrogens (tertiary/aromatic N) is 2. The highest BCUT2D eigenvalue weighted by atomic mass is 16.4. The van der Waals surface area contributed by atoms with Gasteiger partial charge in [0.1, 0.15) is 0 Å².